The van der Waals surface area contributed by atoms with Crippen molar-refractivity contribution in [1.82, 2.24) is 5.32 Å². The first-order chi connectivity index (χ1) is 12.4. The topological polar surface area (TPSA) is 81.7 Å². The first-order valence-electron chi connectivity index (χ1n) is 8.41. The highest BCUT2D eigenvalue weighted by atomic mass is 32.2. The van der Waals surface area contributed by atoms with Crippen molar-refractivity contribution in [3.05, 3.63) is 59.7 Å². The highest BCUT2D eigenvalue weighted by molar-refractivity contribution is 7.87. The molecule has 1 aliphatic heterocycles. The number of aryl methyl sites for hydroxylation is 2. The van der Waals surface area contributed by atoms with Gasteiger partial charge < -0.3 is 14.2 Å². The zero-order valence-corrected chi connectivity index (χ0v) is 15.3. The molecule has 26 heavy (non-hydrogen) atoms. The molecular formula is C19H21NO5S. The van der Waals surface area contributed by atoms with Gasteiger partial charge in [0.1, 0.15) is 17.3 Å². The molecule has 1 N–H and O–H groups in total. The van der Waals surface area contributed by atoms with Gasteiger partial charge in [0.25, 0.3) is 0 Å². The van der Waals surface area contributed by atoms with E-state index in [2.05, 4.69) is 5.32 Å². The molecule has 6 nitrogen and oxygen atoms in total. The van der Waals surface area contributed by atoms with Crippen molar-refractivity contribution in [2.45, 2.75) is 30.8 Å². The van der Waals surface area contributed by atoms with E-state index in [0.717, 1.165) is 24.0 Å². The maximum Gasteiger partial charge on any atom is 0.339 e. The number of carbonyl (C=O) groups excluding carboxylic acids is 1. The van der Waals surface area contributed by atoms with Gasteiger partial charge in [-0.1, -0.05) is 29.8 Å². The molecule has 0 bridgehead atoms. The summed E-state index contributed by atoms with van der Waals surface area (Å²) in [6.45, 7) is 2.52. The number of benzene rings is 2. The van der Waals surface area contributed by atoms with Crippen LogP contribution in [0.3, 0.4) is 0 Å². The number of hydrogen-bond acceptors (Lipinski definition) is 5. The summed E-state index contributed by atoms with van der Waals surface area (Å²) < 4.78 is 35.2. The molecule has 1 saturated heterocycles. The van der Waals surface area contributed by atoms with Crippen LogP contribution in [0, 0.1) is 6.92 Å². The fourth-order valence-electron chi connectivity index (χ4n) is 2.64. The quantitative estimate of drug-likeness (QED) is 0.783. The molecule has 0 aromatic heterocycles. The van der Waals surface area contributed by atoms with Crippen molar-refractivity contribution in [3.8, 4) is 5.75 Å². The molecule has 0 unspecified atom stereocenters. The number of hydrogen-bond donors (Lipinski definition) is 1. The molecule has 1 fully saturated rings. The van der Waals surface area contributed by atoms with E-state index in [-0.39, 0.29) is 29.3 Å². The van der Waals surface area contributed by atoms with Crippen LogP contribution >= 0.6 is 0 Å². The first kappa shape index (κ1) is 18.4. The lowest BCUT2D eigenvalue weighted by Crippen LogP contribution is -2.43. The molecule has 1 heterocycles. The van der Waals surface area contributed by atoms with Crippen LogP contribution in [0.1, 0.15) is 17.5 Å². The van der Waals surface area contributed by atoms with Gasteiger partial charge in [-0.25, -0.2) is 0 Å². The minimum absolute atomic E-state index is 0.00513. The number of carbonyl (C=O) groups is 1. The predicted molar refractivity (Wildman–Crippen MR) is 96.5 cm³/mol. The molecule has 1 aliphatic rings. The predicted octanol–water partition coefficient (Wildman–Crippen LogP) is 2.21. The summed E-state index contributed by atoms with van der Waals surface area (Å²) in [4.78, 5) is 11.2. The third kappa shape index (κ3) is 4.83. The maximum atomic E-state index is 12.3. The van der Waals surface area contributed by atoms with Gasteiger partial charge in [-0.2, -0.15) is 8.42 Å². The fraction of sp³-hybridized carbons (Fsp3) is 0.316. The van der Waals surface area contributed by atoms with Gasteiger partial charge in [-0.3, -0.25) is 4.79 Å². The maximum absolute atomic E-state index is 12.3. The molecule has 138 valence electrons. The van der Waals surface area contributed by atoms with E-state index in [1.807, 2.05) is 19.1 Å². The Labute approximate surface area is 153 Å². The highest BCUT2D eigenvalue weighted by Gasteiger charge is 2.18. The summed E-state index contributed by atoms with van der Waals surface area (Å²) in [5.74, 6) is 0.188. The van der Waals surface area contributed by atoms with E-state index in [4.69, 9.17) is 8.92 Å². The largest absolute Gasteiger partial charge is 0.379 e. The van der Waals surface area contributed by atoms with Crippen molar-refractivity contribution in [2.75, 3.05) is 13.2 Å². The van der Waals surface area contributed by atoms with Crippen molar-refractivity contribution >= 4 is 16.0 Å². The van der Waals surface area contributed by atoms with Gasteiger partial charge in [0.05, 0.1) is 6.10 Å². The van der Waals surface area contributed by atoms with Crippen molar-refractivity contribution in [1.29, 1.82) is 0 Å². The first-order valence-corrected chi connectivity index (χ1v) is 9.81. The van der Waals surface area contributed by atoms with Crippen LogP contribution in [0.4, 0.5) is 0 Å². The van der Waals surface area contributed by atoms with Gasteiger partial charge in [-0.05, 0) is 49.6 Å². The van der Waals surface area contributed by atoms with Crippen LogP contribution in [0.25, 0.3) is 0 Å². The average molecular weight is 375 g/mol. The van der Waals surface area contributed by atoms with Crippen molar-refractivity contribution in [2.24, 2.45) is 0 Å². The Bertz CT molecular complexity index is 850. The SMILES string of the molecule is Cc1ccc(S(=O)(=O)Oc2ccc(CC[C@H]3CNC(=O)CO3)cc2)cc1. The molecule has 0 saturated carbocycles. The van der Waals surface area contributed by atoms with Crippen LogP contribution in [-0.4, -0.2) is 33.6 Å². The van der Waals surface area contributed by atoms with Crippen LogP contribution < -0.4 is 9.50 Å². The zero-order chi connectivity index (χ0) is 18.6. The number of rotatable bonds is 6. The van der Waals surface area contributed by atoms with E-state index in [9.17, 15) is 13.2 Å². The monoisotopic (exact) mass is 375 g/mol. The fourth-order valence-corrected chi connectivity index (χ4v) is 3.57. The van der Waals surface area contributed by atoms with Crippen LogP contribution in [0.2, 0.25) is 0 Å². The van der Waals surface area contributed by atoms with E-state index < -0.39 is 10.1 Å². The number of amides is 1. The third-order valence-corrected chi connectivity index (χ3v) is 5.43. The molecule has 1 atom stereocenters. The lowest BCUT2D eigenvalue weighted by Gasteiger charge is -2.23. The number of morpholine rings is 1. The van der Waals surface area contributed by atoms with Crippen LogP contribution in [-0.2, 0) is 26.1 Å². The molecular weight excluding hydrogens is 354 g/mol. The second-order valence-corrected chi connectivity index (χ2v) is 7.82. The molecule has 2 aromatic carbocycles. The standard InChI is InChI=1S/C19H21NO5S/c1-14-2-10-18(11-3-14)26(22,23)25-16-7-4-15(5-8-16)6-9-17-12-20-19(21)13-24-17/h2-5,7-8,10-11,17H,6,9,12-13H2,1H3,(H,20,21)/t17-/m0/s1. The number of ether oxygens (including phenoxy) is 1. The normalized spacial score (nSPS) is 17.6. The van der Waals surface area contributed by atoms with Gasteiger partial charge >= 0.3 is 10.1 Å². The van der Waals surface area contributed by atoms with Gasteiger partial charge in [0.15, 0.2) is 0 Å². The second kappa shape index (κ2) is 7.88. The summed E-state index contributed by atoms with van der Waals surface area (Å²) in [6.07, 6.45) is 1.55. The molecule has 2 aromatic rings. The molecule has 1 amide bonds. The van der Waals surface area contributed by atoms with E-state index in [0.29, 0.717) is 6.54 Å². The van der Waals surface area contributed by atoms with Crippen LogP contribution in [0.5, 0.6) is 5.75 Å². The minimum Gasteiger partial charge on any atom is -0.379 e. The average Bonchev–Trinajstić information content (AvgIpc) is 2.62. The van der Waals surface area contributed by atoms with Gasteiger partial charge in [0, 0.05) is 6.54 Å². The lowest BCUT2D eigenvalue weighted by molar-refractivity contribution is -0.133. The second-order valence-electron chi connectivity index (χ2n) is 6.27. The smallest absolute Gasteiger partial charge is 0.339 e. The third-order valence-electron chi connectivity index (χ3n) is 4.17. The highest BCUT2D eigenvalue weighted by Crippen LogP contribution is 2.20. The van der Waals surface area contributed by atoms with Crippen LogP contribution in [0.15, 0.2) is 53.4 Å². The summed E-state index contributed by atoms with van der Waals surface area (Å²) in [5, 5.41) is 2.77. The Morgan fingerprint density at radius 2 is 1.81 bits per heavy atom. The summed E-state index contributed by atoms with van der Waals surface area (Å²) >= 11 is 0. The molecule has 0 spiro atoms. The van der Waals surface area contributed by atoms with E-state index >= 15 is 0 Å². The van der Waals surface area contributed by atoms with Gasteiger partial charge in [0.2, 0.25) is 5.91 Å². The van der Waals surface area contributed by atoms with Crippen molar-refractivity contribution < 1.29 is 22.1 Å². The summed E-state index contributed by atoms with van der Waals surface area (Å²) in [5.41, 5.74) is 2.03. The Hall–Kier alpha value is -2.38. The molecule has 7 heteroatoms. The van der Waals surface area contributed by atoms with Gasteiger partial charge in [-0.15, -0.1) is 0 Å². The van der Waals surface area contributed by atoms with Crippen molar-refractivity contribution in [3.63, 3.8) is 0 Å². The van der Waals surface area contributed by atoms with E-state index in [1.165, 1.54) is 12.1 Å². The Morgan fingerprint density at radius 3 is 2.42 bits per heavy atom. The molecule has 3 rings (SSSR count). The Balaban J connectivity index is 1.57. The summed E-state index contributed by atoms with van der Waals surface area (Å²) in [7, 11) is -3.84. The lowest BCUT2D eigenvalue weighted by atomic mass is 10.1. The molecule has 0 radical (unpaired) electrons. The summed E-state index contributed by atoms with van der Waals surface area (Å²) in [6, 6.07) is 13.5. The zero-order valence-electron chi connectivity index (χ0n) is 14.5. The number of nitrogens with one attached hydrogen (secondary N) is 1. The Morgan fingerprint density at radius 1 is 1.12 bits per heavy atom. The molecule has 0 aliphatic carbocycles. The minimum atomic E-state index is -3.84. The Kier molecular flexibility index (Phi) is 5.58. The van der Waals surface area contributed by atoms with E-state index in [1.54, 1.807) is 24.3 Å².